The quantitative estimate of drug-likeness (QED) is 0.537. The lowest BCUT2D eigenvalue weighted by atomic mass is 10.3. The number of phenolic OH excluding ortho intramolecular Hbond substituents is 3. The molecule has 0 heterocycles. The van der Waals surface area contributed by atoms with Crippen LogP contribution in [0.2, 0.25) is 0 Å². The summed E-state index contributed by atoms with van der Waals surface area (Å²) in [6.07, 6.45) is 0. The monoisotopic (exact) mass is 156 g/mol. The van der Waals surface area contributed by atoms with E-state index in [1.165, 1.54) is 0 Å². The smallest absolute Gasteiger partial charge is 0.122 e. The SMILES string of the molecule is CC.Oc1cc(O)cc(O)c1. The van der Waals surface area contributed by atoms with Gasteiger partial charge in [-0.05, 0) is 0 Å². The van der Waals surface area contributed by atoms with Crippen LogP contribution < -0.4 is 0 Å². The maximum Gasteiger partial charge on any atom is 0.122 e. The van der Waals surface area contributed by atoms with Gasteiger partial charge in [0.05, 0.1) is 0 Å². The van der Waals surface area contributed by atoms with Crippen LogP contribution in [0.3, 0.4) is 0 Å². The fourth-order valence-electron chi connectivity index (χ4n) is 0.580. The van der Waals surface area contributed by atoms with Gasteiger partial charge in [0.25, 0.3) is 0 Å². The molecule has 0 aliphatic carbocycles. The summed E-state index contributed by atoms with van der Waals surface area (Å²) in [7, 11) is 0. The topological polar surface area (TPSA) is 60.7 Å². The van der Waals surface area contributed by atoms with Crippen molar-refractivity contribution >= 4 is 0 Å². The van der Waals surface area contributed by atoms with Gasteiger partial charge in [-0.15, -0.1) is 0 Å². The van der Waals surface area contributed by atoms with E-state index in [9.17, 15) is 0 Å². The van der Waals surface area contributed by atoms with Crippen LogP contribution in [0.4, 0.5) is 0 Å². The number of aromatic hydroxyl groups is 3. The first-order chi connectivity index (χ1) is 5.18. The Balaban J connectivity index is 0.000000461. The molecule has 3 nitrogen and oxygen atoms in total. The molecule has 0 unspecified atom stereocenters. The van der Waals surface area contributed by atoms with Gasteiger partial charge in [0.2, 0.25) is 0 Å². The van der Waals surface area contributed by atoms with E-state index in [1.807, 2.05) is 13.8 Å². The van der Waals surface area contributed by atoms with Gasteiger partial charge in [0, 0.05) is 18.2 Å². The third-order valence-corrected chi connectivity index (χ3v) is 0.887. The summed E-state index contributed by atoms with van der Waals surface area (Å²) >= 11 is 0. The summed E-state index contributed by atoms with van der Waals surface area (Å²) in [6, 6.07) is 3.42. The van der Waals surface area contributed by atoms with Crippen LogP contribution in [0, 0.1) is 0 Å². The van der Waals surface area contributed by atoms with Crippen molar-refractivity contribution in [2.24, 2.45) is 0 Å². The highest BCUT2D eigenvalue weighted by atomic mass is 16.3. The highest BCUT2D eigenvalue weighted by Gasteiger charge is 1.94. The molecule has 0 atom stereocenters. The van der Waals surface area contributed by atoms with E-state index in [-0.39, 0.29) is 17.2 Å². The normalized spacial score (nSPS) is 8.18. The van der Waals surface area contributed by atoms with E-state index in [0.29, 0.717) is 0 Å². The minimum Gasteiger partial charge on any atom is -0.508 e. The number of benzene rings is 1. The fraction of sp³-hybridized carbons (Fsp3) is 0.250. The average Bonchev–Trinajstić information content (AvgIpc) is 1.88. The van der Waals surface area contributed by atoms with Crippen LogP contribution >= 0.6 is 0 Å². The van der Waals surface area contributed by atoms with Gasteiger partial charge in [-0.3, -0.25) is 0 Å². The van der Waals surface area contributed by atoms with Gasteiger partial charge in [0.15, 0.2) is 0 Å². The number of rotatable bonds is 0. The second-order valence-electron chi connectivity index (χ2n) is 1.71. The Kier molecular flexibility index (Phi) is 3.88. The second kappa shape index (κ2) is 4.44. The standard InChI is InChI=1S/C6H6O3.C2H6/c7-4-1-5(8)3-6(9)2-4;1-2/h1-3,7-9H;1-2H3. The predicted molar refractivity (Wildman–Crippen MR) is 42.8 cm³/mol. The van der Waals surface area contributed by atoms with Crippen LogP contribution in [-0.4, -0.2) is 15.3 Å². The molecule has 0 fully saturated rings. The maximum absolute atomic E-state index is 8.67. The molecule has 0 amide bonds. The van der Waals surface area contributed by atoms with Crippen molar-refractivity contribution in [1.29, 1.82) is 0 Å². The lowest BCUT2D eigenvalue weighted by Gasteiger charge is -1.94. The summed E-state index contributed by atoms with van der Waals surface area (Å²) in [5, 5.41) is 26.0. The van der Waals surface area contributed by atoms with Crippen LogP contribution in [-0.2, 0) is 0 Å². The van der Waals surface area contributed by atoms with E-state index >= 15 is 0 Å². The first-order valence-electron chi connectivity index (χ1n) is 3.40. The molecule has 0 spiro atoms. The minimum absolute atomic E-state index is 0.146. The summed E-state index contributed by atoms with van der Waals surface area (Å²) in [5.74, 6) is -0.437. The van der Waals surface area contributed by atoms with Crippen LogP contribution in [0.5, 0.6) is 17.2 Å². The van der Waals surface area contributed by atoms with Crippen molar-refractivity contribution in [2.75, 3.05) is 0 Å². The molecule has 0 aromatic heterocycles. The third-order valence-electron chi connectivity index (χ3n) is 0.887. The Morgan fingerprint density at radius 1 is 0.727 bits per heavy atom. The second-order valence-corrected chi connectivity index (χ2v) is 1.71. The van der Waals surface area contributed by atoms with Gasteiger partial charge >= 0.3 is 0 Å². The molecule has 3 N–H and O–H groups in total. The van der Waals surface area contributed by atoms with Crippen molar-refractivity contribution in [2.45, 2.75) is 13.8 Å². The minimum atomic E-state index is -0.146. The molecule has 0 saturated carbocycles. The van der Waals surface area contributed by atoms with Gasteiger partial charge in [0.1, 0.15) is 17.2 Å². The van der Waals surface area contributed by atoms with Gasteiger partial charge in [-0.25, -0.2) is 0 Å². The predicted octanol–water partition coefficient (Wildman–Crippen LogP) is 1.83. The van der Waals surface area contributed by atoms with Gasteiger partial charge < -0.3 is 15.3 Å². The van der Waals surface area contributed by atoms with Crippen molar-refractivity contribution in [3.8, 4) is 17.2 Å². The molecule has 11 heavy (non-hydrogen) atoms. The molecule has 62 valence electrons. The first-order valence-corrected chi connectivity index (χ1v) is 3.40. The summed E-state index contributed by atoms with van der Waals surface area (Å²) in [5.41, 5.74) is 0. The van der Waals surface area contributed by atoms with E-state index in [0.717, 1.165) is 18.2 Å². The molecular weight excluding hydrogens is 144 g/mol. The van der Waals surface area contributed by atoms with E-state index in [1.54, 1.807) is 0 Å². The Morgan fingerprint density at radius 2 is 0.909 bits per heavy atom. The number of hydrogen-bond donors (Lipinski definition) is 3. The molecule has 0 saturated heterocycles. The average molecular weight is 156 g/mol. The van der Waals surface area contributed by atoms with Crippen LogP contribution in [0.1, 0.15) is 13.8 Å². The molecule has 1 rings (SSSR count). The maximum atomic E-state index is 8.67. The molecule has 1 aromatic rings. The Hall–Kier alpha value is -1.38. The summed E-state index contributed by atoms with van der Waals surface area (Å²) in [6.45, 7) is 4.00. The third kappa shape index (κ3) is 3.35. The Bertz CT molecular complexity index is 170. The largest absolute Gasteiger partial charge is 0.508 e. The lowest BCUT2D eigenvalue weighted by Crippen LogP contribution is -1.66. The zero-order valence-corrected chi connectivity index (χ0v) is 6.57. The Labute approximate surface area is 65.5 Å². The zero-order chi connectivity index (χ0) is 8.85. The van der Waals surface area contributed by atoms with Crippen molar-refractivity contribution < 1.29 is 15.3 Å². The summed E-state index contributed by atoms with van der Waals surface area (Å²) in [4.78, 5) is 0. The van der Waals surface area contributed by atoms with Gasteiger partial charge in [-0.2, -0.15) is 0 Å². The molecule has 0 radical (unpaired) electrons. The van der Waals surface area contributed by atoms with Crippen LogP contribution in [0.15, 0.2) is 18.2 Å². The fourth-order valence-corrected chi connectivity index (χ4v) is 0.580. The van der Waals surface area contributed by atoms with Crippen molar-refractivity contribution in [3.05, 3.63) is 18.2 Å². The molecular formula is C8H12O3. The van der Waals surface area contributed by atoms with Crippen LogP contribution in [0.25, 0.3) is 0 Å². The highest BCUT2D eigenvalue weighted by Crippen LogP contribution is 2.23. The molecule has 0 bridgehead atoms. The molecule has 0 aliphatic heterocycles. The molecule has 3 heteroatoms. The number of phenols is 3. The first kappa shape index (κ1) is 9.62. The number of hydrogen-bond acceptors (Lipinski definition) is 3. The van der Waals surface area contributed by atoms with Crippen molar-refractivity contribution in [1.82, 2.24) is 0 Å². The van der Waals surface area contributed by atoms with E-state index < -0.39 is 0 Å². The summed E-state index contributed by atoms with van der Waals surface area (Å²) < 4.78 is 0. The van der Waals surface area contributed by atoms with Gasteiger partial charge in [-0.1, -0.05) is 13.8 Å². The molecule has 0 aliphatic rings. The Morgan fingerprint density at radius 3 is 1.09 bits per heavy atom. The van der Waals surface area contributed by atoms with Crippen molar-refractivity contribution in [3.63, 3.8) is 0 Å². The lowest BCUT2D eigenvalue weighted by molar-refractivity contribution is 0.428. The zero-order valence-electron chi connectivity index (χ0n) is 6.57. The van der Waals surface area contributed by atoms with E-state index in [2.05, 4.69) is 0 Å². The highest BCUT2D eigenvalue weighted by molar-refractivity contribution is 5.39. The molecule has 1 aromatic carbocycles. The van der Waals surface area contributed by atoms with E-state index in [4.69, 9.17) is 15.3 Å².